The van der Waals surface area contributed by atoms with E-state index in [1.54, 1.807) is 0 Å². The van der Waals surface area contributed by atoms with Crippen LogP contribution in [0.5, 0.6) is 0 Å². The largest absolute Gasteiger partial charge is 0.401 e. The molecule has 66 valence electrons. The number of aliphatic hydroxyl groups is 4. The van der Waals surface area contributed by atoms with Gasteiger partial charge in [-0.05, 0) is 6.92 Å². The van der Waals surface area contributed by atoms with Gasteiger partial charge in [-0.15, -0.1) is 0 Å². The first-order valence-electron chi connectivity index (χ1n) is 2.83. The normalized spacial score (nSPS) is 17.5. The highest BCUT2D eigenvalue weighted by atomic mass is 16.7. The molecule has 6 nitrogen and oxygen atoms in total. The molecule has 0 aromatic carbocycles. The van der Waals surface area contributed by atoms with Crippen LogP contribution in [0.1, 0.15) is 6.92 Å². The maximum Gasteiger partial charge on any atom is 0.309 e. The Labute approximate surface area is 63.4 Å². The minimum absolute atomic E-state index is 0.0130. The molecule has 0 amide bonds. The second-order valence-corrected chi connectivity index (χ2v) is 2.23. The standard InChI is InChI=1S/C5H12N2O4/c1-2(6)3(7)4(8)5(9,10)11/h4,8-11H,6-7H2,1H3. The number of allylic oxidation sites excluding steroid dienone is 1. The van der Waals surface area contributed by atoms with Gasteiger partial charge in [0.25, 0.3) is 0 Å². The van der Waals surface area contributed by atoms with Crippen LogP contribution in [0.15, 0.2) is 11.4 Å². The Balaban J connectivity index is 4.52. The smallest absolute Gasteiger partial charge is 0.309 e. The van der Waals surface area contributed by atoms with Gasteiger partial charge in [-0.3, -0.25) is 0 Å². The van der Waals surface area contributed by atoms with E-state index in [0.717, 1.165) is 0 Å². The molecule has 0 aliphatic heterocycles. The summed E-state index contributed by atoms with van der Waals surface area (Å²) in [5.74, 6) is -3.25. The zero-order valence-corrected chi connectivity index (χ0v) is 6.02. The zero-order valence-electron chi connectivity index (χ0n) is 6.02. The van der Waals surface area contributed by atoms with Gasteiger partial charge in [-0.25, -0.2) is 0 Å². The number of aliphatic hydroxyl groups excluding tert-OH is 1. The lowest BCUT2D eigenvalue weighted by atomic mass is 10.2. The summed E-state index contributed by atoms with van der Waals surface area (Å²) >= 11 is 0. The Hall–Kier alpha value is -0.820. The summed E-state index contributed by atoms with van der Waals surface area (Å²) < 4.78 is 0. The Bertz CT molecular complexity index is 168. The van der Waals surface area contributed by atoms with Gasteiger partial charge in [0.2, 0.25) is 0 Å². The summed E-state index contributed by atoms with van der Waals surface area (Å²) in [6.45, 7) is 1.35. The SMILES string of the molecule is CC(N)=C(N)C(O)C(O)(O)O. The summed E-state index contributed by atoms with van der Waals surface area (Å²) in [5.41, 5.74) is 9.80. The molecule has 0 spiro atoms. The van der Waals surface area contributed by atoms with Crippen molar-refractivity contribution in [2.24, 2.45) is 11.5 Å². The van der Waals surface area contributed by atoms with E-state index in [-0.39, 0.29) is 11.4 Å². The molecule has 0 aromatic rings. The van der Waals surface area contributed by atoms with Gasteiger partial charge in [0.1, 0.15) is 0 Å². The fourth-order valence-corrected chi connectivity index (χ4v) is 0.424. The van der Waals surface area contributed by atoms with Crippen LogP contribution in [-0.2, 0) is 0 Å². The average Bonchev–Trinajstić information content (AvgIpc) is 1.82. The third-order valence-corrected chi connectivity index (χ3v) is 1.12. The molecule has 6 heteroatoms. The molecule has 0 aromatic heterocycles. The highest BCUT2D eigenvalue weighted by Crippen LogP contribution is 2.08. The third kappa shape index (κ3) is 2.72. The molecule has 1 unspecified atom stereocenters. The van der Waals surface area contributed by atoms with E-state index in [1.165, 1.54) is 6.92 Å². The van der Waals surface area contributed by atoms with Crippen molar-refractivity contribution >= 4 is 0 Å². The minimum atomic E-state index is -3.25. The summed E-state index contributed by atoms with van der Waals surface area (Å²) in [6, 6.07) is 0. The van der Waals surface area contributed by atoms with Gasteiger partial charge < -0.3 is 31.9 Å². The molecule has 8 N–H and O–H groups in total. The van der Waals surface area contributed by atoms with E-state index in [1.807, 2.05) is 0 Å². The van der Waals surface area contributed by atoms with Gasteiger partial charge >= 0.3 is 5.97 Å². The molecule has 1 atom stereocenters. The van der Waals surface area contributed by atoms with Crippen LogP contribution in [0.3, 0.4) is 0 Å². The lowest BCUT2D eigenvalue weighted by Crippen LogP contribution is -2.45. The molecule has 0 radical (unpaired) electrons. The van der Waals surface area contributed by atoms with Crippen LogP contribution in [0, 0.1) is 0 Å². The van der Waals surface area contributed by atoms with Gasteiger partial charge in [-0.2, -0.15) is 0 Å². The van der Waals surface area contributed by atoms with E-state index in [9.17, 15) is 0 Å². The Morgan fingerprint density at radius 1 is 1.27 bits per heavy atom. The van der Waals surface area contributed by atoms with Crippen LogP contribution in [-0.4, -0.2) is 32.5 Å². The average molecular weight is 164 g/mol. The van der Waals surface area contributed by atoms with Crippen molar-refractivity contribution in [1.82, 2.24) is 0 Å². The number of hydrogen-bond acceptors (Lipinski definition) is 6. The maximum atomic E-state index is 8.81. The molecule has 0 rings (SSSR count). The van der Waals surface area contributed by atoms with E-state index >= 15 is 0 Å². The van der Waals surface area contributed by atoms with Crippen LogP contribution in [0.4, 0.5) is 0 Å². The number of nitrogens with two attached hydrogens (primary N) is 2. The predicted octanol–water partition coefficient (Wildman–Crippen LogP) is -2.87. The summed E-state index contributed by atoms with van der Waals surface area (Å²) in [5, 5.41) is 34.0. The van der Waals surface area contributed by atoms with Gasteiger partial charge in [0.05, 0.1) is 5.70 Å². The van der Waals surface area contributed by atoms with Gasteiger partial charge in [0.15, 0.2) is 6.10 Å². The summed E-state index contributed by atoms with van der Waals surface area (Å²) in [4.78, 5) is 0. The van der Waals surface area contributed by atoms with E-state index in [4.69, 9.17) is 31.9 Å². The predicted molar refractivity (Wildman–Crippen MR) is 36.5 cm³/mol. The highest BCUT2D eigenvalue weighted by Gasteiger charge is 2.32. The second-order valence-electron chi connectivity index (χ2n) is 2.23. The van der Waals surface area contributed by atoms with Gasteiger partial charge in [0, 0.05) is 5.70 Å². The lowest BCUT2D eigenvalue weighted by Gasteiger charge is -2.21. The first kappa shape index (κ1) is 10.2. The lowest BCUT2D eigenvalue weighted by molar-refractivity contribution is -0.347. The van der Waals surface area contributed by atoms with Crippen molar-refractivity contribution in [3.05, 3.63) is 11.4 Å². The van der Waals surface area contributed by atoms with Crippen LogP contribution in [0.25, 0.3) is 0 Å². The fourth-order valence-electron chi connectivity index (χ4n) is 0.424. The van der Waals surface area contributed by atoms with Crippen molar-refractivity contribution in [1.29, 1.82) is 0 Å². The summed E-state index contributed by atoms with van der Waals surface area (Å²) in [6.07, 6.45) is -1.99. The molecule has 0 saturated heterocycles. The molecule has 0 aliphatic rings. The minimum Gasteiger partial charge on any atom is -0.401 e. The molecule has 0 fully saturated rings. The number of hydrogen-bond donors (Lipinski definition) is 6. The van der Waals surface area contributed by atoms with Crippen molar-refractivity contribution in [2.45, 2.75) is 19.0 Å². The first-order chi connectivity index (χ1) is 4.76. The molecule has 0 bridgehead atoms. The quantitative estimate of drug-likeness (QED) is 0.243. The fraction of sp³-hybridized carbons (Fsp3) is 0.600. The highest BCUT2D eigenvalue weighted by molar-refractivity contribution is 5.11. The van der Waals surface area contributed by atoms with Crippen molar-refractivity contribution in [3.63, 3.8) is 0 Å². The van der Waals surface area contributed by atoms with Crippen molar-refractivity contribution in [2.75, 3.05) is 0 Å². The van der Waals surface area contributed by atoms with Crippen molar-refractivity contribution in [3.8, 4) is 0 Å². The topological polar surface area (TPSA) is 133 Å². The molecule has 11 heavy (non-hydrogen) atoms. The number of rotatable bonds is 2. The molecule has 0 aliphatic carbocycles. The van der Waals surface area contributed by atoms with Crippen LogP contribution in [0.2, 0.25) is 0 Å². The molecule has 0 heterocycles. The zero-order chi connectivity index (χ0) is 9.23. The third-order valence-electron chi connectivity index (χ3n) is 1.12. The first-order valence-corrected chi connectivity index (χ1v) is 2.83. The van der Waals surface area contributed by atoms with E-state index in [0.29, 0.717) is 0 Å². The molecular formula is C5H12N2O4. The maximum absolute atomic E-state index is 8.81. The second kappa shape index (κ2) is 3.05. The van der Waals surface area contributed by atoms with E-state index < -0.39 is 12.1 Å². The van der Waals surface area contributed by atoms with Crippen LogP contribution < -0.4 is 11.5 Å². The molecular weight excluding hydrogens is 152 g/mol. The summed E-state index contributed by atoms with van der Waals surface area (Å²) in [7, 11) is 0. The van der Waals surface area contributed by atoms with Gasteiger partial charge in [-0.1, -0.05) is 0 Å². The molecule has 0 saturated carbocycles. The van der Waals surface area contributed by atoms with E-state index in [2.05, 4.69) is 0 Å². The van der Waals surface area contributed by atoms with Crippen LogP contribution >= 0.6 is 0 Å². The Kier molecular flexibility index (Phi) is 2.83. The monoisotopic (exact) mass is 164 g/mol. The Morgan fingerprint density at radius 2 is 1.64 bits per heavy atom. The Morgan fingerprint density at radius 3 is 1.73 bits per heavy atom. The van der Waals surface area contributed by atoms with Crippen molar-refractivity contribution < 1.29 is 20.4 Å².